The summed E-state index contributed by atoms with van der Waals surface area (Å²) in [6, 6.07) is 0. The Labute approximate surface area is 144 Å². The molecule has 0 bridgehead atoms. The largest absolute Gasteiger partial charge is 0.456 e. The minimum absolute atomic E-state index is 0.0431. The molecule has 0 aromatic carbocycles. The highest BCUT2D eigenvalue weighted by molar-refractivity contribution is 5.81. The highest BCUT2D eigenvalue weighted by Gasteiger charge is 2.87. The number of ether oxygens (including phenoxy) is 2. The lowest BCUT2D eigenvalue weighted by atomic mass is 9.98. The molecule has 0 aromatic rings. The lowest BCUT2D eigenvalue weighted by molar-refractivity contribution is -0.469. The first-order valence-corrected chi connectivity index (χ1v) is 6.15. The third-order valence-electron chi connectivity index (χ3n) is 2.68. The van der Waals surface area contributed by atoms with Crippen molar-refractivity contribution in [2.75, 3.05) is 6.61 Å². The van der Waals surface area contributed by atoms with E-state index in [1.165, 1.54) is 0 Å². The average Bonchev–Trinajstić information content (AvgIpc) is 2.50. The van der Waals surface area contributed by atoms with Crippen molar-refractivity contribution in [3.8, 4) is 0 Å². The molecule has 3 nitrogen and oxygen atoms in total. The molecule has 0 aromatic heterocycles. The molecule has 0 saturated carbocycles. The number of carbonyl (C=O) groups is 1. The molecule has 0 amide bonds. The van der Waals surface area contributed by atoms with Crippen LogP contribution in [-0.2, 0) is 14.3 Å². The van der Waals surface area contributed by atoms with Crippen molar-refractivity contribution in [2.45, 2.75) is 42.3 Å². The van der Waals surface area contributed by atoms with Gasteiger partial charge in [-0.3, -0.25) is 4.74 Å². The normalized spacial score (nSPS) is 15.9. The minimum Gasteiger partial charge on any atom is -0.456 e. The Kier molecular flexibility index (Phi) is 7.06. The number of halogens is 14. The van der Waals surface area contributed by atoms with Crippen molar-refractivity contribution in [3.63, 3.8) is 0 Å². The third kappa shape index (κ3) is 4.60. The fraction of sp³-hybridized carbons (Fsp3) is 0.727. The van der Waals surface area contributed by atoms with E-state index in [9.17, 15) is 66.3 Å². The summed E-state index contributed by atoms with van der Waals surface area (Å²) in [7, 11) is 0. The zero-order chi connectivity index (χ0) is 23.0. The molecule has 0 radical (unpaired) electrons. The van der Waals surface area contributed by atoms with Gasteiger partial charge in [-0.15, -0.1) is 0 Å². The van der Waals surface area contributed by atoms with Gasteiger partial charge in [0.2, 0.25) is 0 Å². The lowest BCUT2D eigenvalue weighted by Gasteiger charge is -2.39. The van der Waals surface area contributed by atoms with Crippen molar-refractivity contribution in [2.24, 2.45) is 0 Å². The summed E-state index contributed by atoms with van der Waals surface area (Å²) >= 11 is 0. The van der Waals surface area contributed by atoms with Crippen LogP contribution in [0.5, 0.6) is 0 Å². The van der Waals surface area contributed by atoms with E-state index >= 15 is 0 Å². The van der Waals surface area contributed by atoms with Crippen LogP contribution in [0, 0.1) is 0 Å². The van der Waals surface area contributed by atoms with Crippen LogP contribution in [0.15, 0.2) is 12.7 Å². The predicted molar refractivity (Wildman–Crippen MR) is 57.9 cm³/mol. The van der Waals surface area contributed by atoms with Gasteiger partial charge in [-0.2, -0.15) is 57.1 Å². The Balaban J connectivity index is 5.95. The molecule has 0 saturated heterocycles. The molecular weight excluding hydrogens is 446 g/mol. The standard InChI is InChI=1S/C11H6F14O3/c1-2-4(26)27-3-6(13,14)8(18,19)9(20,21)10(22,23)11(24,25)28-5(12)7(15,16)17/h2,5H,1,3H2. The van der Waals surface area contributed by atoms with Gasteiger partial charge in [-0.25, -0.2) is 9.18 Å². The second kappa shape index (κ2) is 7.55. The Morgan fingerprint density at radius 1 is 0.821 bits per heavy atom. The van der Waals surface area contributed by atoms with E-state index in [2.05, 4.69) is 11.3 Å². The number of esters is 1. The summed E-state index contributed by atoms with van der Waals surface area (Å²) in [5.41, 5.74) is 0. The number of hydrogen-bond donors (Lipinski definition) is 0. The minimum atomic E-state index is -7.83. The quantitative estimate of drug-likeness (QED) is 0.289. The second-order valence-corrected chi connectivity index (χ2v) is 4.73. The van der Waals surface area contributed by atoms with Gasteiger partial charge in [0.25, 0.3) is 6.36 Å². The number of hydrogen-bond acceptors (Lipinski definition) is 3. The summed E-state index contributed by atoms with van der Waals surface area (Å²) in [4.78, 5) is 10.5. The van der Waals surface area contributed by atoms with Crippen LogP contribution in [-0.4, -0.2) is 54.9 Å². The van der Waals surface area contributed by atoms with E-state index in [1.54, 1.807) is 4.74 Å². The summed E-state index contributed by atoms with van der Waals surface area (Å²) < 4.78 is 184. The molecule has 0 aliphatic heterocycles. The van der Waals surface area contributed by atoms with Gasteiger partial charge >= 0.3 is 41.9 Å². The van der Waals surface area contributed by atoms with Crippen molar-refractivity contribution in [1.29, 1.82) is 0 Å². The molecule has 17 heteroatoms. The van der Waals surface area contributed by atoms with Crippen LogP contribution in [0.25, 0.3) is 0 Å². The molecule has 166 valence electrons. The van der Waals surface area contributed by atoms with E-state index in [-0.39, 0.29) is 6.08 Å². The van der Waals surface area contributed by atoms with Crippen molar-refractivity contribution in [1.82, 2.24) is 0 Å². The highest BCUT2D eigenvalue weighted by Crippen LogP contribution is 2.57. The van der Waals surface area contributed by atoms with Gasteiger partial charge < -0.3 is 4.74 Å². The first-order valence-electron chi connectivity index (χ1n) is 6.15. The van der Waals surface area contributed by atoms with Crippen molar-refractivity contribution < 1.29 is 75.7 Å². The topological polar surface area (TPSA) is 35.5 Å². The summed E-state index contributed by atoms with van der Waals surface area (Å²) in [5.74, 6) is -31.5. The molecular formula is C11H6F14O3. The van der Waals surface area contributed by atoms with Crippen LogP contribution in [0.1, 0.15) is 0 Å². The Hall–Kier alpha value is -1.81. The lowest BCUT2D eigenvalue weighted by Crippen LogP contribution is -2.69. The Morgan fingerprint density at radius 2 is 1.25 bits per heavy atom. The summed E-state index contributed by atoms with van der Waals surface area (Å²) in [6.45, 7) is -0.471. The molecule has 1 unspecified atom stereocenters. The highest BCUT2D eigenvalue weighted by atomic mass is 19.4. The predicted octanol–water partition coefficient (Wildman–Crippen LogP) is 4.72. The van der Waals surface area contributed by atoms with Gasteiger partial charge in [0.15, 0.2) is 6.61 Å². The first kappa shape index (κ1) is 26.2. The fourth-order valence-corrected chi connectivity index (χ4v) is 1.19. The Morgan fingerprint density at radius 3 is 1.61 bits per heavy atom. The molecule has 0 rings (SSSR count). The van der Waals surface area contributed by atoms with Crippen LogP contribution in [0.3, 0.4) is 0 Å². The van der Waals surface area contributed by atoms with Crippen LogP contribution in [0.2, 0.25) is 0 Å². The van der Waals surface area contributed by atoms with Crippen LogP contribution >= 0.6 is 0 Å². The zero-order valence-electron chi connectivity index (χ0n) is 12.6. The molecule has 0 aliphatic carbocycles. The number of alkyl halides is 14. The number of rotatable bonds is 9. The van der Waals surface area contributed by atoms with E-state index in [0.29, 0.717) is 0 Å². The van der Waals surface area contributed by atoms with E-state index in [4.69, 9.17) is 0 Å². The second-order valence-electron chi connectivity index (χ2n) is 4.73. The average molecular weight is 452 g/mol. The van der Waals surface area contributed by atoms with Crippen molar-refractivity contribution in [3.05, 3.63) is 12.7 Å². The van der Waals surface area contributed by atoms with Crippen LogP contribution < -0.4 is 0 Å². The Bertz CT molecular complexity index is 582. The van der Waals surface area contributed by atoms with Gasteiger partial charge in [0, 0.05) is 6.08 Å². The molecule has 28 heavy (non-hydrogen) atoms. The summed E-state index contributed by atoms with van der Waals surface area (Å²) in [5, 5.41) is 0. The van der Waals surface area contributed by atoms with Crippen LogP contribution in [0.4, 0.5) is 61.5 Å². The molecule has 0 heterocycles. The van der Waals surface area contributed by atoms with E-state index < -0.39 is 54.9 Å². The smallest absolute Gasteiger partial charge is 0.445 e. The van der Waals surface area contributed by atoms with Gasteiger partial charge in [-0.05, 0) is 0 Å². The summed E-state index contributed by atoms with van der Waals surface area (Å²) in [6.07, 6.45) is -19.2. The molecule has 0 fully saturated rings. The molecule has 0 spiro atoms. The van der Waals surface area contributed by atoms with E-state index in [0.717, 1.165) is 0 Å². The van der Waals surface area contributed by atoms with Gasteiger partial charge in [0.05, 0.1) is 0 Å². The zero-order valence-corrected chi connectivity index (χ0v) is 12.6. The fourth-order valence-electron chi connectivity index (χ4n) is 1.19. The molecule has 0 aliphatic rings. The van der Waals surface area contributed by atoms with Gasteiger partial charge in [0.1, 0.15) is 0 Å². The SMILES string of the molecule is C=CC(=O)OCC(F)(F)C(F)(F)C(F)(F)C(F)(F)C(F)(F)OC(F)C(F)(F)F. The maximum Gasteiger partial charge on any atom is 0.445 e. The molecule has 1 atom stereocenters. The maximum atomic E-state index is 13.2. The van der Waals surface area contributed by atoms with E-state index in [1.807, 2.05) is 0 Å². The number of carbonyl (C=O) groups excluding carboxylic acids is 1. The molecule has 0 N–H and O–H groups in total. The monoisotopic (exact) mass is 452 g/mol. The van der Waals surface area contributed by atoms with Gasteiger partial charge in [-0.1, -0.05) is 6.58 Å². The first-order chi connectivity index (χ1) is 12.1. The maximum absolute atomic E-state index is 13.2. The van der Waals surface area contributed by atoms with Crippen molar-refractivity contribution >= 4 is 5.97 Å². The third-order valence-corrected chi connectivity index (χ3v) is 2.68.